The quantitative estimate of drug-likeness (QED) is 0.634. The van der Waals surface area contributed by atoms with Gasteiger partial charge in [-0.15, -0.1) is 0 Å². The number of aliphatic imine (C=N–C) groups is 1. The summed E-state index contributed by atoms with van der Waals surface area (Å²) in [7, 11) is 3.11. The molecule has 1 saturated carbocycles. The van der Waals surface area contributed by atoms with Crippen molar-refractivity contribution in [2.45, 2.75) is 44.6 Å². The molecule has 25 heavy (non-hydrogen) atoms. The third-order valence-electron chi connectivity index (χ3n) is 4.87. The van der Waals surface area contributed by atoms with E-state index in [0.717, 1.165) is 13.1 Å². The van der Waals surface area contributed by atoms with Crippen molar-refractivity contribution < 1.29 is 13.2 Å². The van der Waals surface area contributed by atoms with E-state index in [1.54, 1.807) is 7.05 Å². The van der Waals surface area contributed by atoms with Crippen LogP contribution in [-0.2, 0) is 19.8 Å². The minimum Gasteiger partial charge on any atom is -0.352 e. The van der Waals surface area contributed by atoms with Crippen LogP contribution in [0.15, 0.2) is 11.2 Å². The molecule has 2 unspecified atom stereocenters. The SMILES string of the molecule is CN=C(NCc1cn(C)nc1C(F)(F)F)NC1CN(C2CC2)CC1C. The number of rotatable bonds is 4. The lowest BCUT2D eigenvalue weighted by Gasteiger charge is -2.20. The number of hydrogen-bond donors (Lipinski definition) is 2. The predicted molar refractivity (Wildman–Crippen MR) is 89.1 cm³/mol. The first kappa shape index (κ1) is 18.0. The maximum absolute atomic E-state index is 13.0. The normalized spacial score (nSPS) is 25.4. The van der Waals surface area contributed by atoms with Gasteiger partial charge in [0, 0.05) is 57.6 Å². The van der Waals surface area contributed by atoms with E-state index < -0.39 is 11.9 Å². The molecule has 1 aromatic rings. The Morgan fingerprint density at radius 3 is 2.68 bits per heavy atom. The topological polar surface area (TPSA) is 57.5 Å². The van der Waals surface area contributed by atoms with Gasteiger partial charge < -0.3 is 10.6 Å². The summed E-state index contributed by atoms with van der Waals surface area (Å²) in [5.41, 5.74) is -0.746. The smallest absolute Gasteiger partial charge is 0.352 e. The highest BCUT2D eigenvalue weighted by Gasteiger charge is 2.39. The van der Waals surface area contributed by atoms with Crippen LogP contribution in [0.4, 0.5) is 13.2 Å². The van der Waals surface area contributed by atoms with E-state index in [9.17, 15) is 13.2 Å². The number of nitrogens with zero attached hydrogens (tertiary/aromatic N) is 4. The van der Waals surface area contributed by atoms with E-state index in [2.05, 4.69) is 32.5 Å². The third kappa shape index (κ3) is 4.26. The molecule has 2 N–H and O–H groups in total. The molecule has 0 bridgehead atoms. The highest BCUT2D eigenvalue weighted by Crippen LogP contribution is 2.32. The fourth-order valence-electron chi connectivity index (χ4n) is 3.38. The molecule has 2 atom stereocenters. The van der Waals surface area contributed by atoms with E-state index in [-0.39, 0.29) is 18.2 Å². The Morgan fingerprint density at radius 1 is 1.36 bits per heavy atom. The molecule has 0 amide bonds. The van der Waals surface area contributed by atoms with Crippen molar-refractivity contribution in [2.75, 3.05) is 20.1 Å². The molecule has 0 spiro atoms. The minimum atomic E-state index is -4.46. The monoisotopic (exact) mass is 358 g/mol. The highest BCUT2D eigenvalue weighted by molar-refractivity contribution is 5.80. The van der Waals surface area contributed by atoms with Crippen LogP contribution in [-0.4, -0.2) is 52.9 Å². The molecular weight excluding hydrogens is 333 g/mol. The standard InChI is InChI=1S/C16H25F3N6/c1-10-7-25(12-4-5-12)9-13(10)22-15(20-2)21-6-11-8-24(3)23-14(11)16(17,18)19/h8,10,12-13H,4-7,9H2,1-3H3,(H2,20,21,22). The summed E-state index contributed by atoms with van der Waals surface area (Å²) >= 11 is 0. The Morgan fingerprint density at radius 2 is 2.08 bits per heavy atom. The fraction of sp³-hybridized carbons (Fsp3) is 0.750. The molecule has 6 nitrogen and oxygen atoms in total. The first-order valence-corrected chi connectivity index (χ1v) is 8.59. The van der Waals surface area contributed by atoms with Crippen molar-refractivity contribution in [3.05, 3.63) is 17.5 Å². The summed E-state index contributed by atoms with van der Waals surface area (Å²) in [6.07, 6.45) is -0.530. The number of halogens is 3. The molecule has 1 aliphatic carbocycles. The Hall–Kier alpha value is -1.77. The van der Waals surface area contributed by atoms with Crippen LogP contribution in [0, 0.1) is 5.92 Å². The first-order valence-electron chi connectivity index (χ1n) is 8.59. The van der Waals surface area contributed by atoms with Gasteiger partial charge in [-0.3, -0.25) is 14.6 Å². The van der Waals surface area contributed by atoms with Crippen LogP contribution >= 0.6 is 0 Å². The van der Waals surface area contributed by atoms with Crippen molar-refractivity contribution in [3.63, 3.8) is 0 Å². The van der Waals surface area contributed by atoms with Gasteiger partial charge in [0.1, 0.15) is 0 Å². The Balaban J connectivity index is 1.58. The Kier molecular flexibility index (Phi) is 4.95. The van der Waals surface area contributed by atoms with Gasteiger partial charge in [0.05, 0.1) is 0 Å². The second kappa shape index (κ2) is 6.86. The maximum atomic E-state index is 13.0. The summed E-state index contributed by atoms with van der Waals surface area (Å²) in [6, 6.07) is 0.969. The summed E-state index contributed by atoms with van der Waals surface area (Å²) in [5.74, 6) is 0.995. The van der Waals surface area contributed by atoms with Gasteiger partial charge in [-0.2, -0.15) is 18.3 Å². The van der Waals surface area contributed by atoms with Crippen molar-refractivity contribution in [2.24, 2.45) is 18.0 Å². The third-order valence-corrected chi connectivity index (χ3v) is 4.87. The number of hydrogen-bond acceptors (Lipinski definition) is 3. The number of nitrogens with one attached hydrogen (secondary N) is 2. The van der Waals surface area contributed by atoms with Crippen LogP contribution in [0.1, 0.15) is 31.0 Å². The lowest BCUT2D eigenvalue weighted by Crippen LogP contribution is -2.46. The molecular formula is C16H25F3N6. The summed E-state index contributed by atoms with van der Waals surface area (Å²) < 4.78 is 40.2. The van der Waals surface area contributed by atoms with Gasteiger partial charge in [-0.05, 0) is 18.8 Å². The summed E-state index contributed by atoms with van der Waals surface area (Å²) in [4.78, 5) is 6.64. The summed E-state index contributed by atoms with van der Waals surface area (Å²) in [6.45, 7) is 4.22. The zero-order valence-corrected chi connectivity index (χ0v) is 14.8. The Labute approximate surface area is 145 Å². The lowest BCUT2D eigenvalue weighted by atomic mass is 10.1. The van der Waals surface area contributed by atoms with E-state index in [1.165, 1.54) is 30.8 Å². The van der Waals surface area contributed by atoms with Crippen molar-refractivity contribution in [1.29, 1.82) is 0 Å². The van der Waals surface area contributed by atoms with Crippen LogP contribution in [0.25, 0.3) is 0 Å². The molecule has 1 aliphatic heterocycles. The fourth-order valence-corrected chi connectivity index (χ4v) is 3.38. The molecule has 140 valence electrons. The average Bonchev–Trinajstić information content (AvgIpc) is 3.22. The molecule has 2 aliphatic rings. The van der Waals surface area contributed by atoms with Crippen LogP contribution in [0.5, 0.6) is 0 Å². The molecule has 2 fully saturated rings. The maximum Gasteiger partial charge on any atom is 0.435 e. The van der Waals surface area contributed by atoms with Gasteiger partial charge >= 0.3 is 6.18 Å². The highest BCUT2D eigenvalue weighted by atomic mass is 19.4. The van der Waals surface area contributed by atoms with Gasteiger partial charge in [0.2, 0.25) is 0 Å². The number of alkyl halides is 3. The molecule has 1 aromatic heterocycles. The second-order valence-corrected chi connectivity index (χ2v) is 7.01. The van der Waals surface area contributed by atoms with Crippen molar-refractivity contribution in [1.82, 2.24) is 25.3 Å². The molecule has 2 heterocycles. The van der Waals surface area contributed by atoms with Crippen molar-refractivity contribution >= 4 is 5.96 Å². The molecule has 9 heteroatoms. The predicted octanol–water partition coefficient (Wildman–Crippen LogP) is 1.59. The molecule has 0 aromatic carbocycles. The van der Waals surface area contributed by atoms with E-state index in [0.29, 0.717) is 17.9 Å². The molecule has 0 radical (unpaired) electrons. The number of guanidine groups is 1. The van der Waals surface area contributed by atoms with Crippen LogP contribution in [0.3, 0.4) is 0 Å². The molecule has 1 saturated heterocycles. The van der Waals surface area contributed by atoms with E-state index in [1.807, 2.05) is 0 Å². The van der Waals surface area contributed by atoms with Crippen LogP contribution < -0.4 is 10.6 Å². The molecule has 3 rings (SSSR count). The van der Waals surface area contributed by atoms with Gasteiger partial charge in [0.15, 0.2) is 11.7 Å². The Bertz CT molecular complexity index is 634. The van der Waals surface area contributed by atoms with Gasteiger partial charge in [-0.1, -0.05) is 6.92 Å². The number of likely N-dealkylation sites (tertiary alicyclic amines) is 1. The van der Waals surface area contributed by atoms with E-state index in [4.69, 9.17) is 0 Å². The zero-order valence-electron chi connectivity index (χ0n) is 14.8. The van der Waals surface area contributed by atoms with Gasteiger partial charge in [0.25, 0.3) is 0 Å². The minimum absolute atomic E-state index is 0.0236. The van der Waals surface area contributed by atoms with E-state index >= 15 is 0 Å². The summed E-state index contributed by atoms with van der Waals surface area (Å²) in [5, 5.41) is 9.86. The zero-order chi connectivity index (χ0) is 18.2. The second-order valence-electron chi connectivity index (χ2n) is 7.01. The van der Waals surface area contributed by atoms with Crippen molar-refractivity contribution in [3.8, 4) is 0 Å². The number of aromatic nitrogens is 2. The lowest BCUT2D eigenvalue weighted by molar-refractivity contribution is -0.142. The van der Waals surface area contributed by atoms with Gasteiger partial charge in [-0.25, -0.2) is 0 Å². The largest absolute Gasteiger partial charge is 0.435 e. The first-order chi connectivity index (χ1) is 11.8. The average molecular weight is 358 g/mol. The van der Waals surface area contributed by atoms with Crippen LogP contribution in [0.2, 0.25) is 0 Å². The number of aryl methyl sites for hydroxylation is 1.